The Balaban J connectivity index is 2.03. The van der Waals surface area contributed by atoms with Crippen molar-refractivity contribution in [3.05, 3.63) is 28.8 Å². The van der Waals surface area contributed by atoms with Crippen molar-refractivity contribution in [2.45, 2.75) is 25.4 Å². The standard InChI is InChI=1S/C13H15ClO4/c14-9-4-5-11(13(15)16)12(7-9)18-8-10-3-1-2-6-17-10/h4-5,7,10H,1-3,6,8H2,(H,15,16). The van der Waals surface area contributed by atoms with Gasteiger partial charge in [-0.05, 0) is 37.5 Å². The fourth-order valence-electron chi connectivity index (χ4n) is 1.91. The number of hydrogen-bond acceptors (Lipinski definition) is 3. The van der Waals surface area contributed by atoms with Gasteiger partial charge in [0.1, 0.15) is 17.9 Å². The molecule has 1 aromatic rings. The number of benzene rings is 1. The highest BCUT2D eigenvalue weighted by molar-refractivity contribution is 6.30. The van der Waals surface area contributed by atoms with Crippen LogP contribution in [0.5, 0.6) is 5.75 Å². The zero-order valence-electron chi connectivity index (χ0n) is 9.89. The maximum Gasteiger partial charge on any atom is 0.339 e. The van der Waals surface area contributed by atoms with Gasteiger partial charge < -0.3 is 14.6 Å². The first-order valence-corrected chi connectivity index (χ1v) is 6.32. The highest BCUT2D eigenvalue weighted by Crippen LogP contribution is 2.24. The molecule has 1 fully saturated rings. The summed E-state index contributed by atoms with van der Waals surface area (Å²) in [6.45, 7) is 1.11. The van der Waals surface area contributed by atoms with Crippen LogP contribution in [-0.2, 0) is 4.74 Å². The Morgan fingerprint density at radius 3 is 3.00 bits per heavy atom. The minimum atomic E-state index is -1.02. The van der Waals surface area contributed by atoms with Gasteiger partial charge in [-0.25, -0.2) is 4.79 Å². The van der Waals surface area contributed by atoms with Crippen molar-refractivity contribution in [2.24, 2.45) is 0 Å². The predicted octanol–water partition coefficient (Wildman–Crippen LogP) is 2.99. The summed E-state index contributed by atoms with van der Waals surface area (Å²) in [7, 11) is 0. The van der Waals surface area contributed by atoms with Crippen molar-refractivity contribution in [1.29, 1.82) is 0 Å². The van der Waals surface area contributed by atoms with Gasteiger partial charge in [-0.3, -0.25) is 0 Å². The molecule has 1 saturated heterocycles. The smallest absolute Gasteiger partial charge is 0.339 e. The second-order valence-electron chi connectivity index (χ2n) is 4.25. The van der Waals surface area contributed by atoms with E-state index < -0.39 is 5.97 Å². The molecule has 0 spiro atoms. The first kappa shape index (κ1) is 13.2. The van der Waals surface area contributed by atoms with E-state index in [4.69, 9.17) is 26.2 Å². The molecule has 1 unspecified atom stereocenters. The zero-order valence-corrected chi connectivity index (χ0v) is 10.7. The van der Waals surface area contributed by atoms with Gasteiger partial charge in [0.05, 0.1) is 6.10 Å². The SMILES string of the molecule is O=C(O)c1ccc(Cl)cc1OCC1CCCCO1. The van der Waals surface area contributed by atoms with Gasteiger partial charge in [-0.1, -0.05) is 11.6 Å². The van der Waals surface area contributed by atoms with E-state index in [1.807, 2.05) is 0 Å². The van der Waals surface area contributed by atoms with Crippen LogP contribution in [0.15, 0.2) is 18.2 Å². The molecule has 98 valence electrons. The second kappa shape index (κ2) is 6.07. The third-order valence-electron chi connectivity index (χ3n) is 2.87. The van der Waals surface area contributed by atoms with E-state index >= 15 is 0 Å². The Morgan fingerprint density at radius 2 is 2.33 bits per heavy atom. The quantitative estimate of drug-likeness (QED) is 0.914. The van der Waals surface area contributed by atoms with Crippen LogP contribution in [0.2, 0.25) is 5.02 Å². The molecule has 1 heterocycles. The largest absolute Gasteiger partial charge is 0.490 e. The van der Waals surface area contributed by atoms with Crippen molar-refractivity contribution < 1.29 is 19.4 Å². The van der Waals surface area contributed by atoms with E-state index in [-0.39, 0.29) is 11.7 Å². The van der Waals surface area contributed by atoms with Gasteiger partial charge in [-0.15, -0.1) is 0 Å². The number of carboxylic acids is 1. The molecular formula is C13H15ClO4. The van der Waals surface area contributed by atoms with Crippen molar-refractivity contribution >= 4 is 17.6 Å². The molecule has 1 aliphatic heterocycles. The number of ether oxygens (including phenoxy) is 2. The highest BCUT2D eigenvalue weighted by atomic mass is 35.5. The fourth-order valence-corrected chi connectivity index (χ4v) is 2.08. The average molecular weight is 271 g/mol. The molecule has 4 nitrogen and oxygen atoms in total. The summed E-state index contributed by atoms with van der Waals surface area (Å²) in [6.07, 6.45) is 3.19. The molecule has 2 rings (SSSR count). The molecule has 1 aliphatic rings. The third kappa shape index (κ3) is 3.37. The normalized spacial score (nSPS) is 19.5. The fraction of sp³-hybridized carbons (Fsp3) is 0.462. The topological polar surface area (TPSA) is 55.8 Å². The summed E-state index contributed by atoms with van der Waals surface area (Å²) in [5.41, 5.74) is 0.121. The highest BCUT2D eigenvalue weighted by Gasteiger charge is 2.17. The molecule has 5 heteroatoms. The van der Waals surface area contributed by atoms with Crippen molar-refractivity contribution in [2.75, 3.05) is 13.2 Å². The number of rotatable bonds is 4. The molecule has 0 amide bonds. The zero-order chi connectivity index (χ0) is 13.0. The summed E-state index contributed by atoms with van der Waals surface area (Å²) in [6, 6.07) is 4.50. The van der Waals surface area contributed by atoms with Gasteiger partial charge in [0, 0.05) is 11.6 Å². The number of hydrogen-bond donors (Lipinski definition) is 1. The van der Waals surface area contributed by atoms with Gasteiger partial charge in [-0.2, -0.15) is 0 Å². The van der Waals surface area contributed by atoms with Crippen molar-refractivity contribution in [1.82, 2.24) is 0 Å². The molecular weight excluding hydrogens is 256 g/mol. The van der Waals surface area contributed by atoms with E-state index in [2.05, 4.69) is 0 Å². The number of carbonyl (C=O) groups is 1. The summed E-state index contributed by atoms with van der Waals surface area (Å²) in [5, 5.41) is 9.50. The lowest BCUT2D eigenvalue weighted by Crippen LogP contribution is -2.26. The van der Waals surface area contributed by atoms with E-state index in [0.29, 0.717) is 17.4 Å². The van der Waals surface area contributed by atoms with E-state index in [1.54, 1.807) is 0 Å². The van der Waals surface area contributed by atoms with E-state index in [9.17, 15) is 4.79 Å². The van der Waals surface area contributed by atoms with E-state index in [0.717, 1.165) is 25.9 Å². The summed E-state index contributed by atoms with van der Waals surface area (Å²) < 4.78 is 11.1. The summed E-state index contributed by atoms with van der Waals surface area (Å²) in [4.78, 5) is 11.0. The number of halogens is 1. The summed E-state index contributed by atoms with van der Waals surface area (Å²) >= 11 is 5.84. The van der Waals surface area contributed by atoms with Gasteiger partial charge in [0.25, 0.3) is 0 Å². The van der Waals surface area contributed by atoms with Crippen LogP contribution in [-0.4, -0.2) is 30.4 Å². The molecule has 0 aromatic heterocycles. The Labute approximate surface area is 110 Å². The van der Waals surface area contributed by atoms with Gasteiger partial charge in [0.2, 0.25) is 0 Å². The molecule has 0 bridgehead atoms. The average Bonchev–Trinajstić information content (AvgIpc) is 2.37. The molecule has 0 saturated carbocycles. The van der Waals surface area contributed by atoms with Gasteiger partial charge >= 0.3 is 5.97 Å². The number of aromatic carboxylic acids is 1. The predicted molar refractivity (Wildman–Crippen MR) is 67.5 cm³/mol. The Bertz CT molecular complexity index is 427. The summed E-state index contributed by atoms with van der Waals surface area (Å²) in [5.74, 6) is -0.726. The number of carboxylic acid groups (broad SMARTS) is 1. The minimum absolute atomic E-state index is 0.0411. The van der Waals surface area contributed by atoms with Crippen LogP contribution in [0.4, 0.5) is 0 Å². The lowest BCUT2D eigenvalue weighted by Gasteiger charge is -2.23. The van der Waals surface area contributed by atoms with Crippen molar-refractivity contribution in [3.63, 3.8) is 0 Å². The maximum absolute atomic E-state index is 11.0. The molecule has 1 atom stereocenters. The monoisotopic (exact) mass is 270 g/mol. The Kier molecular flexibility index (Phi) is 4.44. The molecule has 0 aliphatic carbocycles. The van der Waals surface area contributed by atoms with Gasteiger partial charge in [0.15, 0.2) is 0 Å². The van der Waals surface area contributed by atoms with Crippen LogP contribution in [0.3, 0.4) is 0 Å². The lowest BCUT2D eigenvalue weighted by molar-refractivity contribution is -0.0113. The van der Waals surface area contributed by atoms with Crippen LogP contribution >= 0.6 is 11.6 Å². The van der Waals surface area contributed by atoms with Crippen LogP contribution < -0.4 is 4.74 Å². The van der Waals surface area contributed by atoms with E-state index in [1.165, 1.54) is 18.2 Å². The minimum Gasteiger partial charge on any atom is -0.490 e. The molecule has 0 radical (unpaired) electrons. The first-order chi connectivity index (χ1) is 8.66. The van der Waals surface area contributed by atoms with Crippen LogP contribution in [0.25, 0.3) is 0 Å². The Morgan fingerprint density at radius 1 is 1.50 bits per heavy atom. The maximum atomic E-state index is 11.0. The van der Waals surface area contributed by atoms with Crippen LogP contribution in [0.1, 0.15) is 29.6 Å². The lowest BCUT2D eigenvalue weighted by atomic mass is 10.1. The second-order valence-corrected chi connectivity index (χ2v) is 4.68. The molecule has 1 aromatic carbocycles. The molecule has 1 N–H and O–H groups in total. The first-order valence-electron chi connectivity index (χ1n) is 5.94. The third-order valence-corrected chi connectivity index (χ3v) is 3.11. The van der Waals surface area contributed by atoms with Crippen LogP contribution in [0, 0.1) is 0 Å². The Hall–Kier alpha value is -1.26. The van der Waals surface area contributed by atoms with Crippen molar-refractivity contribution in [3.8, 4) is 5.75 Å². The molecule has 18 heavy (non-hydrogen) atoms.